The fourth-order valence-corrected chi connectivity index (χ4v) is 2.00. The second kappa shape index (κ2) is 5.55. The summed E-state index contributed by atoms with van der Waals surface area (Å²) in [5.74, 6) is 0. The largest absolute Gasteiger partial charge is 0.191 e. The van der Waals surface area contributed by atoms with E-state index in [1.807, 2.05) is 27.2 Å². The Bertz CT molecular complexity index is 511. The molecule has 0 N–H and O–H groups in total. The smallest absolute Gasteiger partial charge is 0.167 e. The summed E-state index contributed by atoms with van der Waals surface area (Å²) in [4.78, 5) is 6.19. The molecule has 0 saturated carbocycles. The highest BCUT2D eigenvalue weighted by atomic mass is 16.7. The van der Waals surface area contributed by atoms with Crippen LogP contribution in [-0.2, 0) is 4.84 Å². The van der Waals surface area contributed by atoms with Gasteiger partial charge in [-0.05, 0) is 18.1 Å². The first kappa shape index (κ1) is 13.8. The van der Waals surface area contributed by atoms with Crippen LogP contribution in [0.5, 0.6) is 0 Å². The van der Waals surface area contributed by atoms with E-state index in [1.54, 1.807) is 0 Å². The van der Waals surface area contributed by atoms with Crippen molar-refractivity contribution >= 4 is 0 Å². The SMILES string of the molecule is Cc1ccc([C@@H](O[N+](C)(C)C)c2ccccc2)cc1. The molecule has 0 aromatic heterocycles. The lowest BCUT2D eigenvalue weighted by molar-refractivity contribution is -1.07. The molecule has 0 saturated heterocycles. The summed E-state index contributed by atoms with van der Waals surface area (Å²) in [5.41, 5.74) is 3.63. The molecule has 0 heterocycles. The van der Waals surface area contributed by atoms with Gasteiger partial charge in [0.05, 0.1) is 21.1 Å². The molecule has 2 nitrogen and oxygen atoms in total. The Labute approximate surface area is 115 Å². The van der Waals surface area contributed by atoms with E-state index in [2.05, 4.69) is 55.5 Å². The maximum Gasteiger partial charge on any atom is 0.167 e. The molecule has 2 aromatic rings. The fraction of sp³-hybridized carbons (Fsp3) is 0.294. The highest BCUT2D eigenvalue weighted by Crippen LogP contribution is 2.28. The molecule has 19 heavy (non-hydrogen) atoms. The Hall–Kier alpha value is -1.64. The van der Waals surface area contributed by atoms with Crippen molar-refractivity contribution in [1.29, 1.82) is 0 Å². The van der Waals surface area contributed by atoms with E-state index >= 15 is 0 Å². The zero-order valence-electron chi connectivity index (χ0n) is 12.1. The van der Waals surface area contributed by atoms with E-state index in [4.69, 9.17) is 4.84 Å². The minimum atomic E-state index is -0.0400. The molecule has 0 radical (unpaired) electrons. The van der Waals surface area contributed by atoms with E-state index in [-0.39, 0.29) is 6.10 Å². The van der Waals surface area contributed by atoms with Gasteiger partial charge in [0.1, 0.15) is 0 Å². The number of hydrogen-bond donors (Lipinski definition) is 0. The van der Waals surface area contributed by atoms with Gasteiger partial charge in [-0.25, -0.2) is 0 Å². The van der Waals surface area contributed by atoms with Gasteiger partial charge in [-0.3, -0.25) is 0 Å². The molecule has 2 aromatic carbocycles. The number of rotatable bonds is 4. The molecule has 100 valence electrons. The molecule has 0 fully saturated rings. The predicted molar refractivity (Wildman–Crippen MR) is 78.6 cm³/mol. The molecular weight excluding hydrogens is 234 g/mol. The fourth-order valence-electron chi connectivity index (χ4n) is 2.00. The van der Waals surface area contributed by atoms with Crippen molar-refractivity contribution in [2.24, 2.45) is 0 Å². The average Bonchev–Trinajstić information content (AvgIpc) is 2.37. The van der Waals surface area contributed by atoms with Crippen molar-refractivity contribution in [2.75, 3.05) is 21.1 Å². The highest BCUT2D eigenvalue weighted by Gasteiger charge is 2.22. The molecule has 0 unspecified atom stereocenters. The third-order valence-corrected chi connectivity index (χ3v) is 2.90. The van der Waals surface area contributed by atoms with E-state index in [1.165, 1.54) is 16.7 Å². The summed E-state index contributed by atoms with van der Waals surface area (Å²) < 4.78 is 0.466. The van der Waals surface area contributed by atoms with Crippen LogP contribution in [0, 0.1) is 6.92 Å². The van der Waals surface area contributed by atoms with Crippen LogP contribution in [0.1, 0.15) is 22.8 Å². The Morgan fingerprint density at radius 2 is 1.32 bits per heavy atom. The van der Waals surface area contributed by atoms with Crippen LogP contribution < -0.4 is 0 Å². The number of nitrogens with zero attached hydrogens (tertiary/aromatic N) is 1. The first-order valence-corrected chi connectivity index (χ1v) is 6.57. The van der Waals surface area contributed by atoms with Crippen molar-refractivity contribution < 1.29 is 9.48 Å². The summed E-state index contributed by atoms with van der Waals surface area (Å²) in [6.07, 6.45) is -0.0400. The maximum absolute atomic E-state index is 6.19. The van der Waals surface area contributed by atoms with Gasteiger partial charge in [-0.15, -0.1) is 0 Å². The molecule has 0 bridgehead atoms. The van der Waals surface area contributed by atoms with E-state index < -0.39 is 0 Å². The molecule has 0 aliphatic rings. The number of quaternary nitrogens is 1. The summed E-state index contributed by atoms with van der Waals surface area (Å²) in [6.45, 7) is 2.10. The lowest BCUT2D eigenvalue weighted by atomic mass is 10.0. The van der Waals surface area contributed by atoms with Crippen LogP contribution in [0.2, 0.25) is 0 Å². The van der Waals surface area contributed by atoms with Crippen LogP contribution in [0.15, 0.2) is 54.6 Å². The Balaban J connectivity index is 2.37. The first-order valence-electron chi connectivity index (χ1n) is 6.57. The van der Waals surface area contributed by atoms with Gasteiger partial charge in [-0.2, -0.15) is 9.48 Å². The predicted octanol–water partition coefficient (Wildman–Crippen LogP) is 3.72. The van der Waals surface area contributed by atoms with Gasteiger partial charge in [-0.1, -0.05) is 60.2 Å². The van der Waals surface area contributed by atoms with E-state index in [0.29, 0.717) is 4.65 Å². The Kier molecular flexibility index (Phi) is 4.03. The van der Waals surface area contributed by atoms with Gasteiger partial charge >= 0.3 is 0 Å². The summed E-state index contributed by atoms with van der Waals surface area (Å²) in [7, 11) is 6.10. The summed E-state index contributed by atoms with van der Waals surface area (Å²) in [6, 6.07) is 18.9. The Morgan fingerprint density at radius 1 is 0.789 bits per heavy atom. The zero-order valence-corrected chi connectivity index (χ0v) is 12.1. The molecule has 2 heteroatoms. The second-order valence-corrected chi connectivity index (χ2v) is 5.70. The number of hydroxylamine groups is 3. The zero-order chi connectivity index (χ0) is 13.9. The first-order chi connectivity index (χ1) is 8.96. The summed E-state index contributed by atoms with van der Waals surface area (Å²) >= 11 is 0. The van der Waals surface area contributed by atoms with Gasteiger partial charge in [0.2, 0.25) is 0 Å². The quantitative estimate of drug-likeness (QED) is 0.598. The standard InChI is InChI=1S/C17H22NO/c1-14-10-12-16(13-11-14)17(19-18(2,3)4)15-8-6-5-7-9-15/h5-13,17H,1-4H3/q+1/t17-/m0/s1. The minimum Gasteiger partial charge on any atom is -0.191 e. The maximum atomic E-state index is 6.19. The van der Waals surface area contributed by atoms with Gasteiger partial charge < -0.3 is 0 Å². The molecule has 2 rings (SSSR count). The van der Waals surface area contributed by atoms with E-state index in [0.717, 1.165) is 0 Å². The number of benzene rings is 2. The molecular formula is C17H22NO+. The molecule has 1 atom stereocenters. The van der Waals surface area contributed by atoms with Gasteiger partial charge in [0.25, 0.3) is 0 Å². The molecule has 0 aliphatic heterocycles. The van der Waals surface area contributed by atoms with Crippen LogP contribution in [0.25, 0.3) is 0 Å². The number of aryl methyl sites for hydroxylation is 1. The van der Waals surface area contributed by atoms with Crippen molar-refractivity contribution in [1.82, 2.24) is 0 Å². The average molecular weight is 256 g/mol. The second-order valence-electron chi connectivity index (χ2n) is 5.70. The minimum absolute atomic E-state index is 0.0400. The monoisotopic (exact) mass is 256 g/mol. The van der Waals surface area contributed by atoms with E-state index in [9.17, 15) is 0 Å². The summed E-state index contributed by atoms with van der Waals surface area (Å²) in [5, 5.41) is 0. The van der Waals surface area contributed by atoms with Gasteiger partial charge in [0, 0.05) is 0 Å². The van der Waals surface area contributed by atoms with Crippen molar-refractivity contribution in [2.45, 2.75) is 13.0 Å². The van der Waals surface area contributed by atoms with Gasteiger partial charge in [0.15, 0.2) is 6.10 Å². The lowest BCUT2D eigenvalue weighted by Gasteiger charge is -2.28. The highest BCUT2D eigenvalue weighted by molar-refractivity contribution is 5.31. The molecule has 0 amide bonds. The molecule has 0 aliphatic carbocycles. The van der Waals surface area contributed by atoms with Crippen molar-refractivity contribution in [3.63, 3.8) is 0 Å². The lowest BCUT2D eigenvalue weighted by Crippen LogP contribution is -2.36. The topological polar surface area (TPSA) is 9.23 Å². The Morgan fingerprint density at radius 3 is 1.84 bits per heavy atom. The third-order valence-electron chi connectivity index (χ3n) is 2.90. The third kappa shape index (κ3) is 3.91. The van der Waals surface area contributed by atoms with Crippen LogP contribution >= 0.6 is 0 Å². The normalized spacial score (nSPS) is 13.3. The van der Waals surface area contributed by atoms with Crippen molar-refractivity contribution in [3.8, 4) is 0 Å². The van der Waals surface area contributed by atoms with Crippen LogP contribution in [0.4, 0.5) is 0 Å². The van der Waals surface area contributed by atoms with Crippen LogP contribution in [-0.4, -0.2) is 25.8 Å². The number of hydrogen-bond acceptors (Lipinski definition) is 1. The van der Waals surface area contributed by atoms with Crippen LogP contribution in [0.3, 0.4) is 0 Å². The van der Waals surface area contributed by atoms with Crippen molar-refractivity contribution in [3.05, 3.63) is 71.3 Å². The molecule has 0 spiro atoms.